The fraction of sp³-hybridized carbons (Fsp3) is 0.625. The number of allylic oxidation sites excluding steroid dienone is 1. The van der Waals surface area contributed by atoms with Crippen molar-refractivity contribution in [3.63, 3.8) is 0 Å². The van der Waals surface area contributed by atoms with Gasteiger partial charge < -0.3 is 15.5 Å². The summed E-state index contributed by atoms with van der Waals surface area (Å²) < 4.78 is 0. The predicted octanol–water partition coefficient (Wildman–Crippen LogP) is -0.492. The summed E-state index contributed by atoms with van der Waals surface area (Å²) in [5.74, 6) is -0.0600. The summed E-state index contributed by atoms with van der Waals surface area (Å²) >= 11 is 1.44. The van der Waals surface area contributed by atoms with Crippen molar-refractivity contribution in [1.82, 2.24) is 31.1 Å². The van der Waals surface area contributed by atoms with Crippen molar-refractivity contribution >= 4 is 24.4 Å². The molecule has 0 radical (unpaired) electrons. The monoisotopic (exact) mass is 367 g/mol. The van der Waals surface area contributed by atoms with E-state index < -0.39 is 0 Å². The van der Waals surface area contributed by atoms with Crippen LogP contribution in [0.1, 0.15) is 6.92 Å². The molecule has 2 aliphatic rings. The first kappa shape index (κ1) is 19.8. The summed E-state index contributed by atoms with van der Waals surface area (Å²) in [5.41, 5.74) is 1.98. The first-order chi connectivity index (χ1) is 12.0. The molecule has 0 aromatic heterocycles. The molecule has 2 rings (SSSR count). The zero-order valence-corrected chi connectivity index (χ0v) is 16.2. The van der Waals surface area contributed by atoms with E-state index in [2.05, 4.69) is 44.9 Å². The van der Waals surface area contributed by atoms with Crippen LogP contribution in [-0.4, -0.2) is 81.4 Å². The molecule has 2 heterocycles. The molecule has 2 aliphatic heterocycles. The number of likely N-dealkylation sites (N-methyl/N-ethyl adjacent to an activating group) is 1. The smallest absolute Gasteiger partial charge is 0.259 e. The molecule has 1 amide bonds. The highest BCUT2D eigenvalue weighted by Crippen LogP contribution is 2.18. The van der Waals surface area contributed by atoms with E-state index in [9.17, 15) is 4.79 Å². The van der Waals surface area contributed by atoms with Gasteiger partial charge in [-0.1, -0.05) is 0 Å². The maximum atomic E-state index is 12.5. The molecule has 2 atom stereocenters. The predicted molar refractivity (Wildman–Crippen MR) is 104 cm³/mol. The van der Waals surface area contributed by atoms with Gasteiger partial charge in [-0.05, 0) is 26.9 Å². The number of carbonyl (C=O) groups excluding carboxylic acids is 1. The fourth-order valence-electron chi connectivity index (χ4n) is 2.81. The molecule has 4 N–H and O–H groups in total. The highest BCUT2D eigenvalue weighted by Gasteiger charge is 2.23. The number of nitrogens with zero attached hydrogens (tertiary/aromatic N) is 3. The van der Waals surface area contributed by atoms with E-state index in [1.807, 2.05) is 31.3 Å². The zero-order chi connectivity index (χ0) is 18.4. The standard InChI is InChI=1S/C16H29N7OS/c1-11(14-15(17-2)21-10-20-14)23(4)9-12(25-5)16(24)19-8-13-18-6-7-22(13)3/h9,13,15,18,20-21H,2,6-8,10H2,1,3-5H3,(H,19,24)/b12-9-,14-11-. The van der Waals surface area contributed by atoms with E-state index in [4.69, 9.17) is 0 Å². The summed E-state index contributed by atoms with van der Waals surface area (Å²) in [7, 11) is 3.98. The average Bonchev–Trinajstić information content (AvgIpc) is 3.25. The number of thioether (sulfide) groups is 1. The summed E-state index contributed by atoms with van der Waals surface area (Å²) in [4.78, 5) is 21.4. The van der Waals surface area contributed by atoms with E-state index in [1.54, 1.807) is 0 Å². The van der Waals surface area contributed by atoms with Crippen LogP contribution in [-0.2, 0) is 4.79 Å². The SMILES string of the molecule is C=NC1NCN/C1=C(/C)N(C)/C=C(\SC)C(=O)NCC1NCCN1C. The van der Waals surface area contributed by atoms with Gasteiger partial charge in [-0.25, -0.2) is 0 Å². The van der Waals surface area contributed by atoms with E-state index in [1.165, 1.54) is 11.8 Å². The first-order valence-electron chi connectivity index (χ1n) is 8.32. The molecule has 0 aliphatic carbocycles. The molecule has 2 fully saturated rings. The van der Waals surface area contributed by atoms with E-state index >= 15 is 0 Å². The number of rotatable bonds is 7. The van der Waals surface area contributed by atoms with Crippen LogP contribution >= 0.6 is 11.8 Å². The minimum absolute atomic E-state index is 0.0600. The maximum absolute atomic E-state index is 12.5. The molecular weight excluding hydrogens is 338 g/mol. The Morgan fingerprint density at radius 2 is 2.32 bits per heavy atom. The van der Waals surface area contributed by atoms with Crippen molar-refractivity contribution in [2.24, 2.45) is 4.99 Å². The lowest BCUT2D eigenvalue weighted by atomic mass is 10.3. The molecule has 0 aromatic rings. The Hall–Kier alpha value is -1.55. The third-order valence-electron chi connectivity index (χ3n) is 4.54. The Balaban J connectivity index is 2.01. The Bertz CT molecular complexity index is 563. The molecule has 2 unspecified atom stereocenters. The highest BCUT2D eigenvalue weighted by atomic mass is 32.2. The maximum Gasteiger partial charge on any atom is 0.259 e. The Morgan fingerprint density at radius 3 is 2.92 bits per heavy atom. The zero-order valence-electron chi connectivity index (χ0n) is 15.4. The van der Waals surface area contributed by atoms with Gasteiger partial charge in [0.15, 0.2) is 0 Å². The third-order valence-corrected chi connectivity index (χ3v) is 5.27. The van der Waals surface area contributed by atoms with Crippen molar-refractivity contribution in [2.75, 3.05) is 46.7 Å². The van der Waals surface area contributed by atoms with Gasteiger partial charge in [-0.3, -0.25) is 25.3 Å². The van der Waals surface area contributed by atoms with Crippen LogP contribution in [0.15, 0.2) is 27.5 Å². The molecular formula is C16H29N7OS. The molecule has 0 bridgehead atoms. The van der Waals surface area contributed by atoms with Gasteiger partial charge in [-0.15, -0.1) is 11.8 Å². The van der Waals surface area contributed by atoms with Gasteiger partial charge in [0.05, 0.1) is 23.4 Å². The number of carbonyl (C=O) groups is 1. The number of hydrogen-bond donors (Lipinski definition) is 4. The molecule has 0 saturated carbocycles. The average molecular weight is 368 g/mol. The van der Waals surface area contributed by atoms with Gasteiger partial charge >= 0.3 is 0 Å². The van der Waals surface area contributed by atoms with Crippen molar-refractivity contribution in [3.8, 4) is 0 Å². The quantitative estimate of drug-likeness (QED) is 0.357. The van der Waals surface area contributed by atoms with Crippen LogP contribution in [0.4, 0.5) is 0 Å². The van der Waals surface area contributed by atoms with Gasteiger partial charge in [0.1, 0.15) is 6.17 Å². The van der Waals surface area contributed by atoms with Crippen molar-refractivity contribution < 1.29 is 4.79 Å². The van der Waals surface area contributed by atoms with Crippen LogP contribution in [0, 0.1) is 0 Å². The van der Waals surface area contributed by atoms with Gasteiger partial charge in [0, 0.05) is 38.6 Å². The molecule has 0 aromatic carbocycles. The summed E-state index contributed by atoms with van der Waals surface area (Å²) in [6.07, 6.45) is 3.83. The molecule has 9 heteroatoms. The summed E-state index contributed by atoms with van der Waals surface area (Å²) in [6, 6.07) is 0. The normalized spacial score (nSPS) is 26.3. The van der Waals surface area contributed by atoms with Crippen LogP contribution in [0.3, 0.4) is 0 Å². The Labute approximate surface area is 154 Å². The lowest BCUT2D eigenvalue weighted by Gasteiger charge is -2.22. The second-order valence-electron chi connectivity index (χ2n) is 6.11. The van der Waals surface area contributed by atoms with Gasteiger partial charge in [0.2, 0.25) is 0 Å². The fourth-order valence-corrected chi connectivity index (χ4v) is 3.33. The first-order valence-corrected chi connectivity index (χ1v) is 9.54. The van der Waals surface area contributed by atoms with Gasteiger partial charge in [-0.2, -0.15) is 0 Å². The van der Waals surface area contributed by atoms with Crippen LogP contribution in [0.2, 0.25) is 0 Å². The molecule has 8 nitrogen and oxygen atoms in total. The van der Waals surface area contributed by atoms with Gasteiger partial charge in [0.25, 0.3) is 5.91 Å². The highest BCUT2D eigenvalue weighted by molar-refractivity contribution is 8.03. The third kappa shape index (κ3) is 4.97. The lowest BCUT2D eigenvalue weighted by molar-refractivity contribution is -0.117. The minimum atomic E-state index is -0.133. The van der Waals surface area contributed by atoms with Crippen molar-refractivity contribution in [3.05, 3.63) is 22.5 Å². The number of amides is 1. The van der Waals surface area contributed by atoms with Crippen LogP contribution < -0.4 is 21.3 Å². The van der Waals surface area contributed by atoms with Crippen LogP contribution in [0.25, 0.3) is 0 Å². The molecule has 2 saturated heterocycles. The number of hydrogen-bond acceptors (Lipinski definition) is 8. The molecule has 25 heavy (non-hydrogen) atoms. The Kier molecular flexibility index (Phi) is 7.30. The van der Waals surface area contributed by atoms with E-state index in [0.29, 0.717) is 18.1 Å². The van der Waals surface area contributed by atoms with Crippen molar-refractivity contribution in [2.45, 2.75) is 19.3 Å². The summed E-state index contributed by atoms with van der Waals surface area (Å²) in [5, 5.41) is 12.8. The lowest BCUT2D eigenvalue weighted by Crippen LogP contribution is -2.44. The topological polar surface area (TPSA) is 84.0 Å². The Morgan fingerprint density at radius 1 is 1.56 bits per heavy atom. The molecule has 0 spiro atoms. The minimum Gasteiger partial charge on any atom is -0.371 e. The summed E-state index contributed by atoms with van der Waals surface area (Å²) in [6.45, 7) is 8.81. The number of aliphatic imine (C=N–C) groups is 1. The second kappa shape index (κ2) is 9.23. The second-order valence-corrected chi connectivity index (χ2v) is 6.96. The van der Waals surface area contributed by atoms with Crippen LogP contribution in [0.5, 0.6) is 0 Å². The largest absolute Gasteiger partial charge is 0.371 e. The molecule has 140 valence electrons. The van der Waals surface area contributed by atoms with E-state index in [0.717, 1.165) is 24.5 Å². The number of nitrogens with one attached hydrogen (secondary N) is 4. The van der Waals surface area contributed by atoms with E-state index in [-0.39, 0.29) is 18.2 Å². The van der Waals surface area contributed by atoms with Crippen molar-refractivity contribution in [1.29, 1.82) is 0 Å².